The number of anilines is 3. The summed E-state index contributed by atoms with van der Waals surface area (Å²) in [5.74, 6) is -0.306. The third-order valence-corrected chi connectivity index (χ3v) is 9.51. The van der Waals surface area contributed by atoms with Gasteiger partial charge in [0.25, 0.3) is 5.91 Å². The summed E-state index contributed by atoms with van der Waals surface area (Å²) in [5, 5.41) is 15.9. The monoisotopic (exact) mass is 705 g/mol. The van der Waals surface area contributed by atoms with Crippen molar-refractivity contribution in [2.45, 2.75) is 64.6 Å². The van der Waals surface area contributed by atoms with Gasteiger partial charge in [0, 0.05) is 38.4 Å². The SMILES string of the molecule is C[C@H]1CN([C@@H](C)CO)C(=O)c2cccc(NC(=O)CCCCCC(=O)Nc3ccccc3N)c2O[C@H]1CN(C)Cc1ccc(-c2ccccc2)cc1. The number of para-hydroxylation sites is 3. The minimum Gasteiger partial charge on any atom is -0.486 e. The van der Waals surface area contributed by atoms with Gasteiger partial charge in [0.15, 0.2) is 5.75 Å². The Balaban J connectivity index is 1.23. The number of aliphatic hydroxyl groups is 1. The van der Waals surface area contributed by atoms with Crippen molar-refractivity contribution in [1.82, 2.24) is 9.80 Å². The summed E-state index contributed by atoms with van der Waals surface area (Å²) in [6.45, 7) is 5.40. The normalized spacial score (nSPS) is 16.3. The van der Waals surface area contributed by atoms with E-state index in [1.807, 2.05) is 37.3 Å². The van der Waals surface area contributed by atoms with Crippen LogP contribution in [0.5, 0.6) is 5.75 Å². The Labute approximate surface area is 307 Å². The van der Waals surface area contributed by atoms with Crippen LogP contribution >= 0.6 is 0 Å². The summed E-state index contributed by atoms with van der Waals surface area (Å²) in [5.41, 5.74) is 11.3. The number of nitrogen functional groups attached to an aromatic ring is 1. The first-order valence-electron chi connectivity index (χ1n) is 18.1. The van der Waals surface area contributed by atoms with Crippen molar-refractivity contribution in [3.63, 3.8) is 0 Å². The van der Waals surface area contributed by atoms with Crippen LogP contribution in [0.3, 0.4) is 0 Å². The molecule has 10 nitrogen and oxygen atoms in total. The second kappa shape index (κ2) is 18.3. The fraction of sp³-hybridized carbons (Fsp3) is 0.357. The number of rotatable bonds is 15. The second-order valence-corrected chi connectivity index (χ2v) is 13.8. The highest BCUT2D eigenvalue weighted by Gasteiger charge is 2.34. The molecule has 52 heavy (non-hydrogen) atoms. The lowest BCUT2D eigenvalue weighted by Gasteiger charge is -2.38. The van der Waals surface area contributed by atoms with Gasteiger partial charge in [-0.1, -0.05) is 86.1 Å². The number of carbonyl (C=O) groups is 3. The van der Waals surface area contributed by atoms with E-state index in [1.165, 1.54) is 11.1 Å². The van der Waals surface area contributed by atoms with Crippen LogP contribution in [0.4, 0.5) is 17.1 Å². The number of nitrogens with two attached hydrogens (primary N) is 1. The Morgan fingerprint density at radius 2 is 1.48 bits per heavy atom. The first-order valence-corrected chi connectivity index (χ1v) is 18.1. The van der Waals surface area contributed by atoms with Crippen LogP contribution in [0.15, 0.2) is 97.1 Å². The number of aliphatic hydroxyl groups excluding tert-OH is 1. The number of ether oxygens (including phenoxy) is 1. The van der Waals surface area contributed by atoms with E-state index in [0.717, 1.165) is 5.56 Å². The van der Waals surface area contributed by atoms with Crippen LogP contribution in [0.1, 0.15) is 61.9 Å². The molecular weight excluding hydrogens is 654 g/mol. The van der Waals surface area contributed by atoms with Gasteiger partial charge in [-0.3, -0.25) is 19.3 Å². The standard InChI is InChI=1S/C42H51N5O5/c1-29-25-47(30(2)28-48)42(51)34-15-12-18-37(45-40(50)20-9-5-8-19-39(49)44-36-17-11-10-16-35(36)43)41(34)52-38(29)27-46(3)26-31-21-23-33(24-22-31)32-13-6-4-7-14-32/h4,6-7,10-18,21-24,29-30,38,48H,5,8-9,19-20,25-28,43H2,1-3H3,(H,44,49)(H,45,50)/t29-,30-,38-/m0/s1. The smallest absolute Gasteiger partial charge is 0.258 e. The molecule has 0 aliphatic carbocycles. The minimum atomic E-state index is -0.396. The van der Waals surface area contributed by atoms with Crippen LogP contribution in [0.25, 0.3) is 11.1 Å². The van der Waals surface area contributed by atoms with Crippen LogP contribution in [0, 0.1) is 5.92 Å². The van der Waals surface area contributed by atoms with Crippen molar-refractivity contribution in [3.05, 3.63) is 108 Å². The molecule has 5 rings (SSSR count). The molecule has 10 heteroatoms. The molecule has 0 bridgehead atoms. The molecule has 0 saturated heterocycles. The van der Waals surface area contributed by atoms with E-state index < -0.39 is 6.04 Å². The molecule has 0 radical (unpaired) electrons. The van der Waals surface area contributed by atoms with Gasteiger partial charge < -0.3 is 31.1 Å². The van der Waals surface area contributed by atoms with E-state index in [-0.39, 0.29) is 42.8 Å². The van der Waals surface area contributed by atoms with Crippen LogP contribution in [-0.4, -0.2) is 71.5 Å². The predicted octanol–water partition coefficient (Wildman–Crippen LogP) is 6.82. The molecule has 3 atom stereocenters. The van der Waals surface area contributed by atoms with Gasteiger partial charge in [-0.15, -0.1) is 0 Å². The van der Waals surface area contributed by atoms with Crippen molar-refractivity contribution < 1.29 is 24.2 Å². The summed E-state index contributed by atoms with van der Waals surface area (Å²) in [4.78, 5) is 43.3. The number of nitrogens with zero attached hydrogens (tertiary/aromatic N) is 2. The average Bonchev–Trinajstić information content (AvgIpc) is 3.14. The topological polar surface area (TPSA) is 137 Å². The fourth-order valence-corrected chi connectivity index (χ4v) is 6.46. The van der Waals surface area contributed by atoms with E-state index in [0.29, 0.717) is 73.7 Å². The lowest BCUT2D eigenvalue weighted by Crippen LogP contribution is -2.49. The van der Waals surface area contributed by atoms with E-state index in [4.69, 9.17) is 10.5 Å². The molecule has 274 valence electrons. The molecule has 1 heterocycles. The highest BCUT2D eigenvalue weighted by molar-refractivity contribution is 6.01. The van der Waals surface area contributed by atoms with Crippen molar-refractivity contribution >= 4 is 34.8 Å². The number of nitrogens with one attached hydrogen (secondary N) is 2. The molecule has 0 aromatic heterocycles. The Bertz CT molecular complexity index is 1800. The number of carbonyl (C=O) groups excluding carboxylic acids is 3. The van der Waals surface area contributed by atoms with Crippen molar-refractivity contribution in [2.24, 2.45) is 5.92 Å². The van der Waals surface area contributed by atoms with E-state index >= 15 is 0 Å². The van der Waals surface area contributed by atoms with Gasteiger partial charge in [0.1, 0.15) is 6.10 Å². The third-order valence-electron chi connectivity index (χ3n) is 9.51. The number of hydrogen-bond donors (Lipinski definition) is 4. The Morgan fingerprint density at radius 3 is 2.15 bits per heavy atom. The number of fused-ring (bicyclic) bond motifs is 1. The summed E-state index contributed by atoms with van der Waals surface area (Å²) in [6, 6.07) is 30.8. The van der Waals surface area contributed by atoms with Crippen molar-refractivity contribution in [1.29, 1.82) is 0 Å². The maximum atomic E-state index is 13.9. The Hall–Kier alpha value is -5.19. The van der Waals surface area contributed by atoms with Crippen molar-refractivity contribution in [3.8, 4) is 16.9 Å². The Kier molecular flexibility index (Phi) is 13.4. The summed E-state index contributed by atoms with van der Waals surface area (Å²) < 4.78 is 6.71. The van der Waals surface area contributed by atoms with Crippen LogP contribution in [-0.2, 0) is 16.1 Å². The minimum absolute atomic E-state index is 0.0757. The molecule has 0 spiro atoms. The van der Waals surface area contributed by atoms with Gasteiger partial charge in [0.05, 0.1) is 35.3 Å². The maximum Gasteiger partial charge on any atom is 0.258 e. The van der Waals surface area contributed by atoms with Crippen molar-refractivity contribution in [2.75, 3.05) is 43.1 Å². The van der Waals surface area contributed by atoms with Gasteiger partial charge in [-0.2, -0.15) is 0 Å². The van der Waals surface area contributed by atoms with E-state index in [1.54, 1.807) is 35.2 Å². The van der Waals surface area contributed by atoms with E-state index in [2.05, 4.69) is 65.9 Å². The van der Waals surface area contributed by atoms with Gasteiger partial charge in [0.2, 0.25) is 11.8 Å². The molecule has 4 aromatic rings. The molecule has 1 aliphatic heterocycles. The predicted molar refractivity (Wildman–Crippen MR) is 207 cm³/mol. The molecule has 0 saturated carbocycles. The number of likely N-dealkylation sites (N-methyl/N-ethyl adjacent to an activating group) is 1. The summed E-state index contributed by atoms with van der Waals surface area (Å²) in [6.07, 6.45) is 2.19. The highest BCUT2D eigenvalue weighted by Crippen LogP contribution is 2.35. The number of hydrogen-bond acceptors (Lipinski definition) is 7. The van der Waals surface area contributed by atoms with Crippen LogP contribution in [0.2, 0.25) is 0 Å². The molecular formula is C42H51N5O5. The molecule has 3 amide bonds. The number of benzene rings is 4. The summed E-state index contributed by atoms with van der Waals surface area (Å²) in [7, 11) is 2.05. The zero-order valence-electron chi connectivity index (χ0n) is 30.4. The quantitative estimate of drug-likeness (QED) is 0.0788. The zero-order chi connectivity index (χ0) is 37.0. The first-order chi connectivity index (χ1) is 25.1. The number of amides is 3. The van der Waals surface area contributed by atoms with Gasteiger partial charge in [-0.25, -0.2) is 0 Å². The summed E-state index contributed by atoms with van der Waals surface area (Å²) >= 11 is 0. The second-order valence-electron chi connectivity index (χ2n) is 13.8. The van der Waals surface area contributed by atoms with Gasteiger partial charge in [-0.05, 0) is 67.8 Å². The fourth-order valence-electron chi connectivity index (χ4n) is 6.46. The van der Waals surface area contributed by atoms with Crippen LogP contribution < -0.4 is 21.1 Å². The van der Waals surface area contributed by atoms with E-state index in [9.17, 15) is 19.5 Å². The highest BCUT2D eigenvalue weighted by atomic mass is 16.5. The average molecular weight is 706 g/mol. The maximum absolute atomic E-state index is 13.9. The lowest BCUT2D eigenvalue weighted by atomic mass is 9.98. The Morgan fingerprint density at radius 1 is 0.865 bits per heavy atom. The zero-order valence-corrected chi connectivity index (χ0v) is 30.4. The molecule has 5 N–H and O–H groups in total. The number of unbranched alkanes of at least 4 members (excludes halogenated alkanes) is 2. The lowest BCUT2D eigenvalue weighted by molar-refractivity contribution is -0.116. The molecule has 0 unspecified atom stereocenters. The first kappa shape index (κ1) is 38.1. The molecule has 0 fully saturated rings. The largest absolute Gasteiger partial charge is 0.486 e. The van der Waals surface area contributed by atoms with Gasteiger partial charge >= 0.3 is 0 Å². The molecule has 1 aliphatic rings. The molecule has 4 aromatic carbocycles. The third kappa shape index (κ3) is 10.2.